The predicted molar refractivity (Wildman–Crippen MR) is 82.5 cm³/mol. The molecule has 20 heavy (non-hydrogen) atoms. The highest BCUT2D eigenvalue weighted by Crippen LogP contribution is 2.20. The molecule has 0 spiro atoms. The summed E-state index contributed by atoms with van der Waals surface area (Å²) in [5, 5.41) is 6.48. The zero-order chi connectivity index (χ0) is 14.5. The molecule has 0 radical (unpaired) electrons. The Hall–Kier alpha value is -2.07. The lowest BCUT2D eigenvalue weighted by molar-refractivity contribution is 0.102. The van der Waals surface area contributed by atoms with Gasteiger partial charge in [-0.15, -0.1) is 0 Å². The second-order valence-electron chi connectivity index (χ2n) is 4.35. The molecule has 1 amide bonds. The van der Waals surface area contributed by atoms with E-state index in [4.69, 9.17) is 11.6 Å². The van der Waals surface area contributed by atoms with E-state index in [9.17, 15) is 4.79 Å². The topological polar surface area (TPSA) is 54.0 Å². The fraction of sp³-hybridized carbons (Fsp3) is 0.200. The van der Waals surface area contributed by atoms with Crippen LogP contribution in [0.25, 0.3) is 0 Å². The minimum absolute atomic E-state index is 0.255. The Morgan fingerprint density at radius 3 is 2.85 bits per heavy atom. The van der Waals surface area contributed by atoms with E-state index in [1.807, 2.05) is 26.0 Å². The van der Waals surface area contributed by atoms with E-state index >= 15 is 0 Å². The minimum Gasteiger partial charge on any atom is -0.370 e. The Bertz CT molecular complexity index is 628. The molecule has 1 aromatic heterocycles. The highest BCUT2D eigenvalue weighted by atomic mass is 35.5. The number of rotatable bonds is 4. The molecule has 0 saturated carbocycles. The summed E-state index contributed by atoms with van der Waals surface area (Å²) in [7, 11) is 0. The average Bonchev–Trinajstić information content (AvgIpc) is 2.43. The summed E-state index contributed by atoms with van der Waals surface area (Å²) in [4.78, 5) is 16.4. The second-order valence-corrected chi connectivity index (χ2v) is 4.79. The van der Waals surface area contributed by atoms with E-state index in [1.54, 1.807) is 24.3 Å². The van der Waals surface area contributed by atoms with Crippen molar-refractivity contribution in [3.63, 3.8) is 0 Å². The lowest BCUT2D eigenvalue weighted by atomic mass is 10.2. The Morgan fingerprint density at radius 1 is 1.30 bits per heavy atom. The first-order valence-corrected chi connectivity index (χ1v) is 6.76. The van der Waals surface area contributed by atoms with Gasteiger partial charge in [0, 0.05) is 17.3 Å². The Balaban J connectivity index is 2.19. The number of anilines is 2. The maximum Gasteiger partial charge on any atom is 0.274 e. The fourth-order valence-electron chi connectivity index (χ4n) is 1.76. The van der Waals surface area contributed by atoms with Gasteiger partial charge in [0.1, 0.15) is 11.5 Å². The van der Waals surface area contributed by atoms with Gasteiger partial charge in [0.15, 0.2) is 0 Å². The molecule has 2 N–H and O–H groups in total. The zero-order valence-electron chi connectivity index (χ0n) is 11.4. The molecular formula is C15H16ClN3O. The van der Waals surface area contributed by atoms with Gasteiger partial charge in [0.05, 0.1) is 0 Å². The molecule has 1 aromatic carbocycles. The van der Waals surface area contributed by atoms with Crippen LogP contribution in [0, 0.1) is 6.92 Å². The van der Waals surface area contributed by atoms with Crippen LogP contribution in [0.2, 0.25) is 5.02 Å². The highest BCUT2D eigenvalue weighted by Gasteiger charge is 2.10. The molecule has 0 bridgehead atoms. The maximum atomic E-state index is 12.2. The van der Waals surface area contributed by atoms with Crippen LogP contribution in [0.5, 0.6) is 0 Å². The number of nitrogens with one attached hydrogen (secondary N) is 2. The average molecular weight is 290 g/mol. The lowest BCUT2D eigenvalue weighted by Gasteiger charge is -2.09. The van der Waals surface area contributed by atoms with Gasteiger partial charge in [0.25, 0.3) is 5.91 Å². The molecule has 2 aromatic rings. The number of hydrogen-bond acceptors (Lipinski definition) is 3. The number of halogens is 1. The summed E-state index contributed by atoms with van der Waals surface area (Å²) in [6, 6.07) is 10.7. The maximum absolute atomic E-state index is 12.2. The van der Waals surface area contributed by atoms with E-state index in [0.29, 0.717) is 22.2 Å². The molecule has 5 heteroatoms. The third-order valence-electron chi connectivity index (χ3n) is 2.79. The number of aryl methyl sites for hydroxylation is 1. The minimum atomic E-state index is -0.255. The first-order chi connectivity index (χ1) is 9.60. The number of hydrogen-bond donors (Lipinski definition) is 2. The van der Waals surface area contributed by atoms with Crippen molar-refractivity contribution in [1.29, 1.82) is 0 Å². The molecule has 0 fully saturated rings. The molecule has 0 atom stereocenters. The first-order valence-electron chi connectivity index (χ1n) is 6.38. The van der Waals surface area contributed by atoms with Crippen molar-refractivity contribution >= 4 is 29.0 Å². The van der Waals surface area contributed by atoms with Gasteiger partial charge in [0.2, 0.25) is 0 Å². The summed E-state index contributed by atoms with van der Waals surface area (Å²) in [5.41, 5.74) is 2.01. The van der Waals surface area contributed by atoms with Gasteiger partial charge in [-0.1, -0.05) is 23.7 Å². The fourth-order valence-corrected chi connectivity index (χ4v) is 1.93. The number of benzene rings is 1. The van der Waals surface area contributed by atoms with Crippen LogP contribution >= 0.6 is 11.6 Å². The van der Waals surface area contributed by atoms with E-state index < -0.39 is 0 Å². The van der Waals surface area contributed by atoms with Gasteiger partial charge in [-0.3, -0.25) is 4.79 Å². The van der Waals surface area contributed by atoms with Crippen molar-refractivity contribution in [3.8, 4) is 0 Å². The predicted octanol–water partition coefficient (Wildman–Crippen LogP) is 3.73. The molecule has 2 rings (SSSR count). The van der Waals surface area contributed by atoms with Crippen LogP contribution in [0.1, 0.15) is 23.0 Å². The van der Waals surface area contributed by atoms with Crippen LogP contribution in [-0.4, -0.2) is 17.4 Å². The van der Waals surface area contributed by atoms with E-state index in [1.165, 1.54) is 0 Å². The third kappa shape index (κ3) is 3.48. The van der Waals surface area contributed by atoms with E-state index in [0.717, 1.165) is 12.1 Å². The van der Waals surface area contributed by atoms with Crippen molar-refractivity contribution in [1.82, 2.24) is 4.98 Å². The lowest BCUT2D eigenvalue weighted by Crippen LogP contribution is -2.15. The molecule has 0 unspecified atom stereocenters. The molecule has 0 aliphatic carbocycles. The van der Waals surface area contributed by atoms with Crippen molar-refractivity contribution < 1.29 is 4.79 Å². The molecule has 1 heterocycles. The van der Waals surface area contributed by atoms with Crippen molar-refractivity contribution in [2.24, 2.45) is 0 Å². The molecule has 0 saturated heterocycles. The van der Waals surface area contributed by atoms with Gasteiger partial charge >= 0.3 is 0 Å². The standard InChI is InChI=1S/C15H16ClN3O/c1-3-17-14-6-4-5-12(18-14)15(20)19-13-9-11(16)8-7-10(13)2/h4-9H,3H2,1-2H3,(H,17,18)(H,19,20). The first kappa shape index (κ1) is 14.3. The van der Waals surface area contributed by atoms with Crippen molar-refractivity contribution in [3.05, 3.63) is 52.7 Å². The molecular weight excluding hydrogens is 274 g/mol. The number of amides is 1. The monoisotopic (exact) mass is 289 g/mol. The Kier molecular flexibility index (Phi) is 4.58. The quantitative estimate of drug-likeness (QED) is 0.902. The third-order valence-corrected chi connectivity index (χ3v) is 3.02. The van der Waals surface area contributed by atoms with Crippen LogP contribution in [0.4, 0.5) is 11.5 Å². The molecule has 104 valence electrons. The number of nitrogens with zero attached hydrogens (tertiary/aromatic N) is 1. The van der Waals surface area contributed by atoms with E-state index in [-0.39, 0.29) is 5.91 Å². The Labute approximate surface area is 123 Å². The summed E-state index contributed by atoms with van der Waals surface area (Å²) in [5.74, 6) is 0.429. The SMILES string of the molecule is CCNc1cccc(C(=O)Nc2cc(Cl)ccc2C)n1. The summed E-state index contributed by atoms with van der Waals surface area (Å²) >= 11 is 5.94. The number of pyridine rings is 1. The van der Waals surface area contributed by atoms with Crippen LogP contribution in [-0.2, 0) is 0 Å². The summed E-state index contributed by atoms with van der Waals surface area (Å²) < 4.78 is 0. The van der Waals surface area contributed by atoms with Gasteiger partial charge in [-0.05, 0) is 43.7 Å². The van der Waals surface area contributed by atoms with Crippen molar-refractivity contribution in [2.45, 2.75) is 13.8 Å². The smallest absolute Gasteiger partial charge is 0.274 e. The number of carbonyl (C=O) groups is 1. The normalized spacial score (nSPS) is 10.2. The Morgan fingerprint density at radius 2 is 2.10 bits per heavy atom. The molecule has 0 aliphatic rings. The summed E-state index contributed by atoms with van der Waals surface area (Å²) in [6.45, 7) is 4.64. The van der Waals surface area contributed by atoms with Gasteiger partial charge in [-0.25, -0.2) is 4.98 Å². The van der Waals surface area contributed by atoms with Crippen LogP contribution < -0.4 is 10.6 Å². The zero-order valence-corrected chi connectivity index (χ0v) is 12.2. The second kappa shape index (κ2) is 6.39. The molecule has 0 aliphatic heterocycles. The van der Waals surface area contributed by atoms with Crippen LogP contribution in [0.15, 0.2) is 36.4 Å². The number of aromatic nitrogens is 1. The van der Waals surface area contributed by atoms with Gasteiger partial charge < -0.3 is 10.6 Å². The number of carbonyl (C=O) groups excluding carboxylic acids is 1. The largest absolute Gasteiger partial charge is 0.370 e. The highest BCUT2D eigenvalue weighted by molar-refractivity contribution is 6.31. The van der Waals surface area contributed by atoms with Crippen molar-refractivity contribution in [2.75, 3.05) is 17.2 Å². The summed E-state index contributed by atoms with van der Waals surface area (Å²) in [6.07, 6.45) is 0. The van der Waals surface area contributed by atoms with Gasteiger partial charge in [-0.2, -0.15) is 0 Å². The van der Waals surface area contributed by atoms with E-state index in [2.05, 4.69) is 15.6 Å². The van der Waals surface area contributed by atoms with Crippen LogP contribution in [0.3, 0.4) is 0 Å². The molecule has 4 nitrogen and oxygen atoms in total.